The third kappa shape index (κ3) is 6.46. The van der Waals surface area contributed by atoms with Crippen LogP contribution >= 0.6 is 0 Å². The van der Waals surface area contributed by atoms with Gasteiger partial charge < -0.3 is 14.8 Å². The van der Waals surface area contributed by atoms with Gasteiger partial charge in [0.05, 0.1) is 18.0 Å². The van der Waals surface area contributed by atoms with E-state index in [1.807, 2.05) is 6.92 Å². The Balaban J connectivity index is 1.53. The standard InChI is InChI=1S/C22H36N4O5S/c1-15(2)32(28,29)26-19-5-4-10-23-20(19)13-31-18-8-6-17(7-9-18)21-16(3)24-14-25-22(21)30-12-11-27/h11,14-15,17-20,23,26H,4-10,12-13H2,1-3H3/t17?,18?,19-,20-/m0/s1. The summed E-state index contributed by atoms with van der Waals surface area (Å²) in [5, 5.41) is 2.97. The van der Waals surface area contributed by atoms with Gasteiger partial charge >= 0.3 is 0 Å². The first kappa shape index (κ1) is 25.0. The summed E-state index contributed by atoms with van der Waals surface area (Å²) in [7, 11) is -3.32. The van der Waals surface area contributed by atoms with Gasteiger partial charge in [0.2, 0.25) is 15.9 Å². The molecule has 0 amide bonds. The van der Waals surface area contributed by atoms with Crippen LogP contribution < -0.4 is 14.8 Å². The maximum absolute atomic E-state index is 12.3. The van der Waals surface area contributed by atoms with E-state index < -0.39 is 15.3 Å². The summed E-state index contributed by atoms with van der Waals surface area (Å²) >= 11 is 0. The number of nitrogens with one attached hydrogen (secondary N) is 2. The smallest absolute Gasteiger partial charge is 0.220 e. The predicted molar refractivity (Wildman–Crippen MR) is 121 cm³/mol. The summed E-state index contributed by atoms with van der Waals surface area (Å²) in [4.78, 5) is 19.2. The monoisotopic (exact) mass is 468 g/mol. The Bertz CT molecular complexity index is 856. The molecule has 1 aliphatic carbocycles. The Labute approximate surface area is 191 Å². The molecule has 0 spiro atoms. The molecular formula is C22H36N4O5S. The number of hydrogen-bond acceptors (Lipinski definition) is 8. The quantitative estimate of drug-likeness (QED) is 0.499. The van der Waals surface area contributed by atoms with Gasteiger partial charge in [-0.25, -0.2) is 23.1 Å². The molecule has 0 bridgehead atoms. The molecule has 2 aliphatic rings. The summed E-state index contributed by atoms with van der Waals surface area (Å²) in [6, 6.07) is -0.169. The zero-order valence-corrected chi connectivity index (χ0v) is 20.1. The van der Waals surface area contributed by atoms with Gasteiger partial charge in [-0.1, -0.05) is 0 Å². The lowest BCUT2D eigenvalue weighted by Crippen LogP contribution is -2.56. The van der Waals surface area contributed by atoms with Crippen molar-refractivity contribution in [2.45, 2.75) is 88.7 Å². The number of carbonyl (C=O) groups is 1. The molecule has 0 aromatic carbocycles. The molecule has 3 rings (SSSR count). The molecule has 1 saturated heterocycles. The number of nitrogens with zero attached hydrogens (tertiary/aromatic N) is 2. The minimum Gasteiger partial charge on any atom is -0.470 e. The maximum Gasteiger partial charge on any atom is 0.220 e. The van der Waals surface area contributed by atoms with Gasteiger partial charge in [0.25, 0.3) is 0 Å². The third-order valence-electron chi connectivity index (χ3n) is 6.45. The van der Waals surface area contributed by atoms with E-state index in [1.165, 1.54) is 6.33 Å². The van der Waals surface area contributed by atoms with Crippen molar-refractivity contribution in [3.8, 4) is 5.88 Å². The van der Waals surface area contributed by atoms with Crippen molar-refractivity contribution in [2.75, 3.05) is 19.8 Å². The Morgan fingerprint density at radius 2 is 1.97 bits per heavy atom. The van der Waals surface area contributed by atoms with Crippen LogP contribution in [0.5, 0.6) is 5.88 Å². The Hall–Kier alpha value is -1.62. The molecule has 2 atom stereocenters. The van der Waals surface area contributed by atoms with Crippen molar-refractivity contribution in [1.29, 1.82) is 0 Å². The lowest BCUT2D eigenvalue weighted by Gasteiger charge is -2.35. The van der Waals surface area contributed by atoms with Crippen LogP contribution in [0.25, 0.3) is 0 Å². The molecule has 1 aromatic heterocycles. The van der Waals surface area contributed by atoms with Crippen molar-refractivity contribution in [1.82, 2.24) is 20.0 Å². The lowest BCUT2D eigenvalue weighted by atomic mass is 9.82. The fourth-order valence-electron chi connectivity index (χ4n) is 4.53. The van der Waals surface area contributed by atoms with Gasteiger partial charge in [-0.15, -0.1) is 0 Å². The minimum absolute atomic E-state index is 0.0158. The largest absolute Gasteiger partial charge is 0.470 e. The summed E-state index contributed by atoms with van der Waals surface area (Å²) in [5.41, 5.74) is 1.88. The highest BCUT2D eigenvalue weighted by molar-refractivity contribution is 7.90. The van der Waals surface area contributed by atoms with Crippen LogP contribution in [0, 0.1) is 6.92 Å². The zero-order valence-electron chi connectivity index (χ0n) is 19.2. The van der Waals surface area contributed by atoms with E-state index in [0.29, 0.717) is 12.5 Å². The Morgan fingerprint density at radius 1 is 1.22 bits per heavy atom. The topological polar surface area (TPSA) is 120 Å². The Morgan fingerprint density at radius 3 is 2.66 bits per heavy atom. The molecule has 1 aromatic rings. The van der Waals surface area contributed by atoms with E-state index in [-0.39, 0.29) is 30.7 Å². The lowest BCUT2D eigenvalue weighted by molar-refractivity contribution is -0.109. The first-order valence-corrected chi connectivity index (χ1v) is 13.1. The summed E-state index contributed by atoms with van der Waals surface area (Å²) < 4.78 is 39.3. The van der Waals surface area contributed by atoms with Crippen LogP contribution in [0.15, 0.2) is 6.33 Å². The zero-order chi connectivity index (χ0) is 23.1. The number of aldehydes is 1. The molecule has 180 valence electrons. The number of piperidine rings is 1. The van der Waals surface area contributed by atoms with E-state index in [1.54, 1.807) is 13.8 Å². The first-order chi connectivity index (χ1) is 15.3. The fraction of sp³-hybridized carbons (Fsp3) is 0.773. The summed E-state index contributed by atoms with van der Waals surface area (Å²) in [5.74, 6) is 0.775. The van der Waals surface area contributed by atoms with Gasteiger partial charge in [-0.05, 0) is 71.8 Å². The molecule has 0 unspecified atom stereocenters. The minimum atomic E-state index is -3.32. The van der Waals surface area contributed by atoms with Gasteiger partial charge in [0, 0.05) is 23.3 Å². The van der Waals surface area contributed by atoms with Crippen molar-refractivity contribution < 1.29 is 22.7 Å². The van der Waals surface area contributed by atoms with E-state index in [2.05, 4.69) is 20.0 Å². The molecule has 2 fully saturated rings. The van der Waals surface area contributed by atoms with Crippen molar-refractivity contribution in [3.63, 3.8) is 0 Å². The van der Waals surface area contributed by atoms with Crippen molar-refractivity contribution in [3.05, 3.63) is 17.6 Å². The van der Waals surface area contributed by atoms with Gasteiger partial charge in [0.15, 0.2) is 6.29 Å². The second kappa shape index (κ2) is 11.5. The third-order valence-corrected chi connectivity index (χ3v) is 8.32. The number of hydrogen-bond donors (Lipinski definition) is 2. The molecule has 9 nitrogen and oxygen atoms in total. The average molecular weight is 469 g/mol. The van der Waals surface area contributed by atoms with Crippen molar-refractivity contribution in [2.24, 2.45) is 0 Å². The van der Waals surface area contributed by atoms with E-state index in [0.717, 1.165) is 62.6 Å². The van der Waals surface area contributed by atoms with Gasteiger partial charge in [-0.3, -0.25) is 4.79 Å². The highest BCUT2D eigenvalue weighted by Gasteiger charge is 2.32. The van der Waals surface area contributed by atoms with Crippen LogP contribution in [0.1, 0.15) is 69.5 Å². The first-order valence-electron chi connectivity index (χ1n) is 11.6. The van der Waals surface area contributed by atoms with Crippen LogP contribution in [0.3, 0.4) is 0 Å². The normalized spacial score (nSPS) is 26.8. The second-order valence-electron chi connectivity index (χ2n) is 8.98. The summed E-state index contributed by atoms with van der Waals surface area (Å²) in [6.07, 6.45) is 7.75. The Kier molecular flexibility index (Phi) is 8.98. The second-order valence-corrected chi connectivity index (χ2v) is 11.3. The van der Waals surface area contributed by atoms with Crippen LogP contribution in [0.2, 0.25) is 0 Å². The van der Waals surface area contributed by atoms with Crippen LogP contribution in [-0.2, 0) is 19.6 Å². The number of rotatable bonds is 10. The van der Waals surface area contributed by atoms with Gasteiger partial charge in [0.1, 0.15) is 12.9 Å². The van der Waals surface area contributed by atoms with Crippen LogP contribution in [-0.4, -0.2) is 67.9 Å². The number of aryl methyl sites for hydroxylation is 1. The highest BCUT2D eigenvalue weighted by Crippen LogP contribution is 2.38. The molecule has 1 aliphatic heterocycles. The highest BCUT2D eigenvalue weighted by atomic mass is 32.2. The molecule has 0 radical (unpaired) electrons. The van der Waals surface area contributed by atoms with Crippen molar-refractivity contribution >= 4 is 16.3 Å². The molecule has 1 saturated carbocycles. The molecule has 2 heterocycles. The summed E-state index contributed by atoms with van der Waals surface area (Å²) in [6.45, 7) is 6.67. The molecule has 32 heavy (non-hydrogen) atoms. The SMILES string of the molecule is Cc1ncnc(OCC=O)c1C1CCC(OC[C@@H]2NCCC[C@@H]2NS(=O)(=O)C(C)C)CC1. The fourth-order valence-corrected chi connectivity index (χ4v) is 5.51. The van der Waals surface area contributed by atoms with E-state index in [4.69, 9.17) is 9.47 Å². The predicted octanol–water partition coefficient (Wildman–Crippen LogP) is 1.85. The number of aromatic nitrogens is 2. The van der Waals surface area contributed by atoms with Crippen LogP contribution in [0.4, 0.5) is 0 Å². The van der Waals surface area contributed by atoms with Gasteiger partial charge in [-0.2, -0.15) is 0 Å². The maximum atomic E-state index is 12.3. The molecule has 10 heteroatoms. The van der Waals surface area contributed by atoms with E-state index >= 15 is 0 Å². The number of sulfonamides is 1. The molecular weight excluding hydrogens is 432 g/mol. The molecule has 2 N–H and O–H groups in total. The van der Waals surface area contributed by atoms with E-state index in [9.17, 15) is 13.2 Å². The number of ether oxygens (including phenoxy) is 2. The number of carbonyl (C=O) groups excluding carboxylic acids is 1. The average Bonchev–Trinajstić information content (AvgIpc) is 2.77.